The minimum atomic E-state index is -0.964. The maximum atomic E-state index is 11.1. The van der Waals surface area contributed by atoms with Gasteiger partial charge in [0.25, 0.3) is 0 Å². The van der Waals surface area contributed by atoms with E-state index in [9.17, 15) is 4.79 Å². The van der Waals surface area contributed by atoms with Crippen LogP contribution in [0.25, 0.3) is 16.9 Å². The number of aromatic nitrogens is 3. The lowest BCUT2D eigenvalue weighted by Crippen LogP contribution is -2.13. The third kappa shape index (κ3) is 3.28. The Hall–Kier alpha value is -3.09. The average molecular weight is 413 g/mol. The predicted octanol–water partition coefficient (Wildman–Crippen LogP) is 5.17. The molecule has 140 valence electrons. The zero-order chi connectivity index (χ0) is 19.8. The van der Waals surface area contributed by atoms with Crippen molar-refractivity contribution in [1.82, 2.24) is 14.6 Å². The number of hydrogen-bond acceptors (Lipinski definition) is 4. The number of carbonyl (C=O) groups is 1. The van der Waals surface area contributed by atoms with Crippen LogP contribution in [0.15, 0.2) is 60.8 Å². The Kier molecular flexibility index (Phi) is 4.66. The summed E-state index contributed by atoms with van der Waals surface area (Å²) in [6.45, 7) is 0. The summed E-state index contributed by atoms with van der Waals surface area (Å²) in [5.41, 5.74) is 3.33. The molecule has 2 aromatic carbocycles. The SMILES string of the molecule is CN(c1ccc(Cl)c(Cl)c1)c1ccc2ncc(-c3ccc(C(=O)O)cc3)n2n1. The van der Waals surface area contributed by atoms with Gasteiger partial charge < -0.3 is 10.0 Å². The highest BCUT2D eigenvalue weighted by molar-refractivity contribution is 6.42. The number of fused-ring (bicyclic) bond motifs is 1. The van der Waals surface area contributed by atoms with E-state index in [2.05, 4.69) is 10.1 Å². The van der Waals surface area contributed by atoms with E-state index in [1.807, 2.05) is 30.1 Å². The highest BCUT2D eigenvalue weighted by atomic mass is 35.5. The van der Waals surface area contributed by atoms with Crippen LogP contribution < -0.4 is 4.90 Å². The van der Waals surface area contributed by atoms with E-state index in [4.69, 9.17) is 28.3 Å². The fourth-order valence-corrected chi connectivity index (χ4v) is 3.14. The molecule has 0 atom stereocenters. The normalized spacial score (nSPS) is 11.0. The first-order valence-corrected chi connectivity index (χ1v) is 9.07. The largest absolute Gasteiger partial charge is 0.478 e. The minimum absolute atomic E-state index is 0.227. The Morgan fingerprint density at radius 2 is 1.79 bits per heavy atom. The molecule has 0 aliphatic carbocycles. The summed E-state index contributed by atoms with van der Waals surface area (Å²) in [5, 5.41) is 14.7. The van der Waals surface area contributed by atoms with Crippen molar-refractivity contribution in [2.45, 2.75) is 0 Å². The molecule has 0 bridgehead atoms. The van der Waals surface area contributed by atoms with E-state index in [0.717, 1.165) is 16.9 Å². The lowest BCUT2D eigenvalue weighted by molar-refractivity contribution is 0.0697. The summed E-state index contributed by atoms with van der Waals surface area (Å²) in [4.78, 5) is 17.3. The maximum Gasteiger partial charge on any atom is 0.335 e. The molecule has 0 aliphatic heterocycles. The van der Waals surface area contributed by atoms with E-state index in [1.165, 1.54) is 0 Å². The Balaban J connectivity index is 1.75. The van der Waals surface area contributed by atoms with Crippen LogP contribution in [0.4, 0.5) is 11.5 Å². The quantitative estimate of drug-likeness (QED) is 0.500. The van der Waals surface area contributed by atoms with Gasteiger partial charge in [-0.25, -0.2) is 14.3 Å². The molecule has 0 saturated heterocycles. The number of hydrogen-bond donors (Lipinski definition) is 1. The Labute approximate surface area is 170 Å². The lowest BCUT2D eigenvalue weighted by atomic mass is 10.1. The zero-order valence-electron chi connectivity index (χ0n) is 14.7. The predicted molar refractivity (Wildman–Crippen MR) is 110 cm³/mol. The van der Waals surface area contributed by atoms with E-state index in [1.54, 1.807) is 47.1 Å². The molecule has 2 heterocycles. The van der Waals surface area contributed by atoms with E-state index >= 15 is 0 Å². The first-order chi connectivity index (χ1) is 13.4. The van der Waals surface area contributed by atoms with Gasteiger partial charge in [0.1, 0.15) is 0 Å². The van der Waals surface area contributed by atoms with Gasteiger partial charge in [-0.05, 0) is 42.5 Å². The fraction of sp³-hybridized carbons (Fsp3) is 0.0500. The van der Waals surface area contributed by atoms with Crippen LogP contribution >= 0.6 is 23.2 Å². The Morgan fingerprint density at radius 1 is 1.04 bits per heavy atom. The monoisotopic (exact) mass is 412 g/mol. The topological polar surface area (TPSA) is 70.7 Å². The van der Waals surface area contributed by atoms with Gasteiger partial charge in [-0.3, -0.25) is 0 Å². The average Bonchev–Trinajstić information content (AvgIpc) is 3.12. The standard InChI is InChI=1S/C20H14Cl2N4O2/c1-25(14-6-7-15(21)16(22)10-14)19-9-8-18-23-11-17(26(18)24-19)12-2-4-13(5-3-12)20(27)28/h2-11H,1H3,(H,27,28). The molecule has 8 heteroatoms. The van der Waals surface area contributed by atoms with Gasteiger partial charge in [-0.15, -0.1) is 5.10 Å². The van der Waals surface area contributed by atoms with E-state index in [0.29, 0.717) is 21.5 Å². The molecule has 0 amide bonds. The second-order valence-corrected chi connectivity index (χ2v) is 6.96. The van der Waals surface area contributed by atoms with Crippen molar-refractivity contribution < 1.29 is 9.90 Å². The summed E-state index contributed by atoms with van der Waals surface area (Å²) in [7, 11) is 1.88. The third-order valence-electron chi connectivity index (χ3n) is 4.41. The highest BCUT2D eigenvalue weighted by Crippen LogP contribution is 2.30. The van der Waals surface area contributed by atoms with E-state index < -0.39 is 5.97 Å². The van der Waals surface area contributed by atoms with Crippen molar-refractivity contribution >= 4 is 46.3 Å². The van der Waals surface area contributed by atoms with Crippen LogP contribution in [0, 0.1) is 0 Å². The number of aromatic carboxylic acids is 1. The van der Waals surface area contributed by atoms with Crippen LogP contribution in [0.3, 0.4) is 0 Å². The molecule has 6 nitrogen and oxygen atoms in total. The van der Waals surface area contributed by atoms with Gasteiger partial charge in [0.2, 0.25) is 0 Å². The number of halogens is 2. The highest BCUT2D eigenvalue weighted by Gasteiger charge is 2.13. The van der Waals surface area contributed by atoms with Crippen LogP contribution in [0.2, 0.25) is 10.0 Å². The van der Waals surface area contributed by atoms with Gasteiger partial charge in [0.15, 0.2) is 11.5 Å². The van der Waals surface area contributed by atoms with Gasteiger partial charge in [-0.1, -0.05) is 35.3 Å². The number of rotatable bonds is 4. The molecule has 0 aliphatic rings. The molecule has 0 spiro atoms. The first-order valence-electron chi connectivity index (χ1n) is 8.31. The van der Waals surface area contributed by atoms with Gasteiger partial charge in [-0.2, -0.15) is 0 Å². The first kappa shape index (κ1) is 18.3. The lowest BCUT2D eigenvalue weighted by Gasteiger charge is -2.19. The maximum absolute atomic E-state index is 11.1. The molecule has 4 aromatic rings. The molecule has 2 aromatic heterocycles. The van der Waals surface area contributed by atoms with Crippen molar-refractivity contribution in [3.05, 3.63) is 76.4 Å². The molecule has 0 unspecified atom stereocenters. The molecule has 0 radical (unpaired) electrons. The Bertz CT molecular complexity index is 1190. The number of carboxylic acids is 1. The van der Waals surface area contributed by atoms with Crippen LogP contribution in [-0.2, 0) is 0 Å². The van der Waals surface area contributed by atoms with Crippen molar-refractivity contribution in [2.75, 3.05) is 11.9 Å². The zero-order valence-corrected chi connectivity index (χ0v) is 16.2. The summed E-state index contributed by atoms with van der Waals surface area (Å²) >= 11 is 12.1. The van der Waals surface area contributed by atoms with Crippen LogP contribution in [0.1, 0.15) is 10.4 Å². The molecular formula is C20H14Cl2N4O2. The van der Waals surface area contributed by atoms with Gasteiger partial charge in [0, 0.05) is 18.3 Å². The minimum Gasteiger partial charge on any atom is -0.478 e. The summed E-state index contributed by atoms with van der Waals surface area (Å²) in [6, 6.07) is 15.7. The third-order valence-corrected chi connectivity index (χ3v) is 5.15. The fourth-order valence-electron chi connectivity index (χ4n) is 2.85. The molecule has 4 rings (SSSR count). The molecule has 0 fully saturated rings. The van der Waals surface area contributed by atoms with Gasteiger partial charge >= 0.3 is 5.97 Å². The molecule has 0 saturated carbocycles. The number of imidazole rings is 1. The van der Waals surface area contributed by atoms with Crippen LogP contribution in [-0.4, -0.2) is 32.7 Å². The smallest absolute Gasteiger partial charge is 0.335 e. The molecule has 28 heavy (non-hydrogen) atoms. The molecule has 1 N–H and O–H groups in total. The number of nitrogens with zero attached hydrogens (tertiary/aromatic N) is 4. The second-order valence-electron chi connectivity index (χ2n) is 6.14. The van der Waals surface area contributed by atoms with Gasteiger partial charge in [0.05, 0.1) is 27.5 Å². The second kappa shape index (κ2) is 7.14. The van der Waals surface area contributed by atoms with E-state index in [-0.39, 0.29) is 5.56 Å². The number of anilines is 2. The summed E-state index contributed by atoms with van der Waals surface area (Å²) < 4.78 is 1.72. The summed E-state index contributed by atoms with van der Waals surface area (Å²) in [5.74, 6) is -0.277. The Morgan fingerprint density at radius 3 is 2.46 bits per heavy atom. The van der Waals surface area contributed by atoms with Crippen LogP contribution in [0.5, 0.6) is 0 Å². The molecular weight excluding hydrogens is 399 g/mol. The van der Waals surface area contributed by atoms with Crippen molar-refractivity contribution in [1.29, 1.82) is 0 Å². The van der Waals surface area contributed by atoms with Crippen molar-refractivity contribution in [3.63, 3.8) is 0 Å². The number of carboxylic acid groups (broad SMARTS) is 1. The van der Waals surface area contributed by atoms with Crippen molar-refractivity contribution in [3.8, 4) is 11.3 Å². The summed E-state index contributed by atoms with van der Waals surface area (Å²) in [6.07, 6.45) is 1.71. The number of benzene rings is 2. The van der Waals surface area contributed by atoms with Crippen molar-refractivity contribution in [2.24, 2.45) is 0 Å².